The zero-order valence-electron chi connectivity index (χ0n) is 15.7. The molecule has 2 aromatic carbocycles. The predicted octanol–water partition coefficient (Wildman–Crippen LogP) is 4.02. The van der Waals surface area contributed by atoms with Crippen LogP contribution in [0.4, 0.5) is 0 Å². The van der Waals surface area contributed by atoms with Crippen molar-refractivity contribution in [1.82, 2.24) is 14.4 Å². The van der Waals surface area contributed by atoms with Crippen molar-refractivity contribution in [2.75, 3.05) is 19.6 Å². The Morgan fingerprint density at radius 2 is 1.83 bits per heavy atom. The van der Waals surface area contributed by atoms with Crippen molar-refractivity contribution in [2.24, 2.45) is 0 Å². The molecule has 1 amide bonds. The summed E-state index contributed by atoms with van der Waals surface area (Å²) in [5.41, 5.74) is 5.53. The van der Waals surface area contributed by atoms with Crippen LogP contribution in [0, 0.1) is 0 Å². The molecule has 0 saturated heterocycles. The number of allylic oxidation sites excluding steroid dienone is 1. The molecule has 3 aromatic rings. The Morgan fingerprint density at radius 3 is 2.66 bits per heavy atom. The lowest BCUT2D eigenvalue weighted by molar-refractivity contribution is 0.0753. The van der Waals surface area contributed by atoms with Gasteiger partial charge in [0.1, 0.15) is 0 Å². The highest BCUT2D eigenvalue weighted by molar-refractivity contribution is 6.31. The molecule has 6 heteroatoms. The molecule has 0 aliphatic carbocycles. The molecule has 6 rings (SSSR count). The van der Waals surface area contributed by atoms with Crippen LogP contribution in [0.5, 0.6) is 0 Å². The van der Waals surface area contributed by atoms with Crippen molar-refractivity contribution in [3.05, 3.63) is 76.1 Å². The molecule has 0 N–H and O–H groups in total. The van der Waals surface area contributed by atoms with Crippen LogP contribution >= 0.6 is 11.6 Å². The van der Waals surface area contributed by atoms with Gasteiger partial charge in [0.25, 0.3) is 5.91 Å². The summed E-state index contributed by atoms with van der Waals surface area (Å²) in [6.07, 6.45) is 1.10. The Balaban J connectivity index is 1.59. The second-order valence-corrected chi connectivity index (χ2v) is 8.19. The molecule has 144 valence electrons. The molecule has 0 bridgehead atoms. The monoisotopic (exact) mass is 403 g/mol. The highest BCUT2D eigenvalue weighted by atomic mass is 35.5. The van der Waals surface area contributed by atoms with Crippen LogP contribution in [-0.4, -0.2) is 45.8 Å². The molecular formula is C23H18ClN3O2. The molecule has 0 spiro atoms. The van der Waals surface area contributed by atoms with E-state index in [4.69, 9.17) is 11.6 Å². The maximum Gasteiger partial charge on any atom is 0.258 e. The van der Waals surface area contributed by atoms with Crippen molar-refractivity contribution < 1.29 is 9.59 Å². The summed E-state index contributed by atoms with van der Waals surface area (Å²) in [6, 6.07) is 15.0. The van der Waals surface area contributed by atoms with Gasteiger partial charge in [-0.2, -0.15) is 0 Å². The summed E-state index contributed by atoms with van der Waals surface area (Å²) in [7, 11) is 0. The first kappa shape index (κ1) is 16.9. The Bertz CT molecular complexity index is 1240. The van der Waals surface area contributed by atoms with Gasteiger partial charge in [-0.15, -0.1) is 0 Å². The van der Waals surface area contributed by atoms with E-state index in [2.05, 4.69) is 4.90 Å². The van der Waals surface area contributed by atoms with Gasteiger partial charge in [-0.3, -0.25) is 14.2 Å². The lowest BCUT2D eigenvalue weighted by Gasteiger charge is -2.44. The van der Waals surface area contributed by atoms with E-state index in [-0.39, 0.29) is 18.2 Å². The minimum absolute atomic E-state index is 0.00642. The quantitative estimate of drug-likeness (QED) is 0.616. The van der Waals surface area contributed by atoms with Crippen LogP contribution in [0.1, 0.15) is 32.8 Å². The van der Waals surface area contributed by atoms with E-state index >= 15 is 0 Å². The van der Waals surface area contributed by atoms with Crippen molar-refractivity contribution in [3.8, 4) is 0 Å². The summed E-state index contributed by atoms with van der Waals surface area (Å²) >= 11 is 6.26. The third kappa shape index (κ3) is 2.28. The smallest absolute Gasteiger partial charge is 0.258 e. The number of benzene rings is 2. The minimum Gasteiger partial charge on any atom is -0.366 e. The number of carbonyl (C=O) groups is 2. The van der Waals surface area contributed by atoms with Crippen molar-refractivity contribution in [3.63, 3.8) is 0 Å². The summed E-state index contributed by atoms with van der Waals surface area (Å²) in [5, 5.41) is 1.71. The number of aromatic nitrogens is 1. The number of amides is 1. The maximum atomic E-state index is 13.2. The Hall–Kier alpha value is -3.05. The summed E-state index contributed by atoms with van der Waals surface area (Å²) in [6.45, 7) is 2.26. The molecule has 0 unspecified atom stereocenters. The number of hydrogen-bond acceptors (Lipinski definition) is 3. The number of fused-ring (bicyclic) bond motifs is 3. The molecule has 4 heterocycles. The topological polar surface area (TPSA) is 45.6 Å². The third-order valence-corrected chi connectivity index (χ3v) is 6.47. The van der Waals surface area contributed by atoms with E-state index in [1.54, 1.807) is 0 Å². The first-order valence-electron chi connectivity index (χ1n) is 9.85. The fraction of sp³-hybridized carbons (Fsp3) is 0.217. The van der Waals surface area contributed by atoms with Crippen LogP contribution in [0.3, 0.4) is 0 Å². The van der Waals surface area contributed by atoms with Gasteiger partial charge in [0.2, 0.25) is 5.91 Å². The molecule has 3 aliphatic rings. The van der Waals surface area contributed by atoms with Gasteiger partial charge in [0.05, 0.1) is 29.0 Å². The Morgan fingerprint density at radius 1 is 1.00 bits per heavy atom. The van der Waals surface area contributed by atoms with Crippen molar-refractivity contribution >= 4 is 40.0 Å². The average molecular weight is 404 g/mol. The highest BCUT2D eigenvalue weighted by Gasteiger charge is 2.41. The lowest BCUT2D eigenvalue weighted by atomic mass is 9.94. The van der Waals surface area contributed by atoms with Crippen LogP contribution in [0.2, 0.25) is 5.02 Å². The number of nitrogens with zero attached hydrogens (tertiary/aromatic N) is 3. The van der Waals surface area contributed by atoms with E-state index in [9.17, 15) is 9.59 Å². The van der Waals surface area contributed by atoms with Crippen LogP contribution in [0.15, 0.2) is 54.2 Å². The highest BCUT2D eigenvalue weighted by Crippen LogP contribution is 2.44. The Kier molecular flexibility index (Phi) is 3.47. The largest absolute Gasteiger partial charge is 0.366 e. The number of rotatable bonds is 1. The number of hydrogen-bond donors (Lipinski definition) is 0. The van der Waals surface area contributed by atoms with E-state index in [1.807, 2.05) is 58.0 Å². The van der Waals surface area contributed by atoms with Gasteiger partial charge in [0, 0.05) is 35.6 Å². The predicted molar refractivity (Wildman–Crippen MR) is 112 cm³/mol. The van der Waals surface area contributed by atoms with Gasteiger partial charge in [-0.05, 0) is 42.3 Å². The van der Waals surface area contributed by atoms with Gasteiger partial charge in [0.15, 0.2) is 0 Å². The van der Waals surface area contributed by atoms with Gasteiger partial charge in [-0.1, -0.05) is 29.8 Å². The first-order valence-corrected chi connectivity index (χ1v) is 10.2. The van der Waals surface area contributed by atoms with E-state index < -0.39 is 0 Å². The molecule has 0 atom stereocenters. The van der Waals surface area contributed by atoms with Gasteiger partial charge >= 0.3 is 0 Å². The van der Waals surface area contributed by atoms with E-state index in [0.717, 1.165) is 53.1 Å². The van der Waals surface area contributed by atoms with Gasteiger partial charge in [-0.25, -0.2) is 0 Å². The summed E-state index contributed by atoms with van der Waals surface area (Å²) in [4.78, 5) is 30.6. The number of carbonyl (C=O) groups excluding carboxylic acids is 2. The van der Waals surface area contributed by atoms with Crippen molar-refractivity contribution in [2.45, 2.75) is 12.8 Å². The van der Waals surface area contributed by atoms with Crippen LogP contribution in [-0.2, 0) is 6.42 Å². The minimum atomic E-state index is -0.0414. The second kappa shape index (κ2) is 5.97. The van der Waals surface area contributed by atoms with Crippen molar-refractivity contribution in [1.29, 1.82) is 0 Å². The molecule has 29 heavy (non-hydrogen) atoms. The maximum absolute atomic E-state index is 13.2. The molecule has 0 saturated carbocycles. The first-order chi connectivity index (χ1) is 14.1. The van der Waals surface area contributed by atoms with E-state index in [1.165, 1.54) is 0 Å². The zero-order valence-corrected chi connectivity index (χ0v) is 16.4. The number of halogens is 1. The molecular weight excluding hydrogens is 386 g/mol. The SMILES string of the molecule is O=C(c1ccccc1)N1CCN2CCc3c4n(c5ccc(Cl)cc35)C(=O)CC1=C42. The Labute approximate surface area is 172 Å². The molecule has 5 nitrogen and oxygen atoms in total. The third-order valence-electron chi connectivity index (χ3n) is 6.23. The summed E-state index contributed by atoms with van der Waals surface area (Å²) < 4.78 is 1.84. The average Bonchev–Trinajstić information content (AvgIpc) is 3.08. The zero-order chi connectivity index (χ0) is 19.7. The van der Waals surface area contributed by atoms with Crippen LogP contribution < -0.4 is 0 Å². The standard InChI is InChI=1S/C23H18ClN3O2/c24-15-6-7-18-17(12-15)16-8-9-25-10-11-26(23(29)14-4-2-1-3-5-14)19-13-20(28)27(18)21(16)22(19)25/h1-7,12H,8-11,13H2. The van der Waals surface area contributed by atoms with E-state index in [0.29, 0.717) is 17.1 Å². The molecule has 1 aromatic heterocycles. The second-order valence-electron chi connectivity index (χ2n) is 7.75. The molecule has 0 fully saturated rings. The fourth-order valence-electron chi connectivity index (χ4n) is 4.99. The van der Waals surface area contributed by atoms with Crippen LogP contribution in [0.25, 0.3) is 16.6 Å². The lowest BCUT2D eigenvalue weighted by Crippen LogP contribution is -2.48. The molecule has 3 aliphatic heterocycles. The summed E-state index contributed by atoms with van der Waals surface area (Å²) in [5.74, 6) is -0.0350. The normalized spacial score (nSPS) is 17.8. The molecule has 0 radical (unpaired) electrons. The fourth-order valence-corrected chi connectivity index (χ4v) is 5.16. The van der Waals surface area contributed by atoms with Gasteiger partial charge < -0.3 is 9.80 Å².